The normalized spacial score (nSPS) is 11.2. The van der Waals surface area contributed by atoms with Gasteiger partial charge in [-0.3, -0.25) is 4.57 Å². The molecule has 0 aliphatic carbocycles. The minimum Gasteiger partial charge on any atom is -0.307 e. The van der Waals surface area contributed by atoms with E-state index < -0.39 is 0 Å². The van der Waals surface area contributed by atoms with Gasteiger partial charge in [-0.25, -0.2) is 9.37 Å². The predicted octanol–water partition coefficient (Wildman–Crippen LogP) is 4.52. The number of halogens is 1. The summed E-state index contributed by atoms with van der Waals surface area (Å²) in [4.78, 5) is 4.63. The first-order chi connectivity index (χ1) is 13.2. The fourth-order valence-electron chi connectivity index (χ4n) is 2.89. The molecule has 0 radical (unpaired) electrons. The standard InChI is InChI=1S/C20H18FN5S/c1-3-10-26-19(16-6-4-5-7-17(16)21)23-24-20(26)27-13-15-12-25-11-14(2)8-9-18(25)22-15/h3-9,11-12H,1,10,13H2,2H3. The van der Waals surface area contributed by atoms with Gasteiger partial charge >= 0.3 is 0 Å². The second-order valence-corrected chi connectivity index (χ2v) is 7.12. The fourth-order valence-corrected chi connectivity index (χ4v) is 3.73. The van der Waals surface area contributed by atoms with E-state index in [0.717, 1.165) is 11.3 Å². The third-order valence-electron chi connectivity index (χ3n) is 4.14. The van der Waals surface area contributed by atoms with Crippen molar-refractivity contribution >= 4 is 17.4 Å². The molecule has 27 heavy (non-hydrogen) atoms. The molecule has 0 fully saturated rings. The molecule has 4 aromatic rings. The van der Waals surface area contributed by atoms with Crippen molar-refractivity contribution in [2.75, 3.05) is 0 Å². The average molecular weight is 379 g/mol. The van der Waals surface area contributed by atoms with Crippen molar-refractivity contribution in [1.82, 2.24) is 24.1 Å². The zero-order valence-corrected chi connectivity index (χ0v) is 15.7. The maximum Gasteiger partial charge on any atom is 0.192 e. The molecule has 0 atom stereocenters. The summed E-state index contributed by atoms with van der Waals surface area (Å²) in [5.74, 6) is 0.830. The number of fused-ring (bicyclic) bond motifs is 1. The van der Waals surface area contributed by atoms with Crippen LogP contribution in [0.25, 0.3) is 17.0 Å². The summed E-state index contributed by atoms with van der Waals surface area (Å²) in [6.07, 6.45) is 5.82. The number of aryl methyl sites for hydroxylation is 1. The van der Waals surface area contributed by atoms with Gasteiger partial charge in [-0.2, -0.15) is 0 Å². The van der Waals surface area contributed by atoms with Crippen LogP contribution in [0.3, 0.4) is 0 Å². The first kappa shape index (κ1) is 17.5. The topological polar surface area (TPSA) is 48.0 Å². The van der Waals surface area contributed by atoms with E-state index in [9.17, 15) is 4.39 Å². The Morgan fingerprint density at radius 2 is 2.00 bits per heavy atom. The number of hydrogen-bond donors (Lipinski definition) is 0. The summed E-state index contributed by atoms with van der Waals surface area (Å²) in [5.41, 5.74) is 3.48. The molecule has 1 aromatic carbocycles. The number of hydrogen-bond acceptors (Lipinski definition) is 4. The summed E-state index contributed by atoms with van der Waals surface area (Å²) in [5, 5.41) is 9.18. The number of pyridine rings is 1. The van der Waals surface area contributed by atoms with Gasteiger partial charge in [0.25, 0.3) is 0 Å². The van der Waals surface area contributed by atoms with Gasteiger partial charge in [0.2, 0.25) is 0 Å². The van der Waals surface area contributed by atoms with Crippen LogP contribution in [-0.2, 0) is 12.3 Å². The van der Waals surface area contributed by atoms with Crippen molar-refractivity contribution in [1.29, 1.82) is 0 Å². The lowest BCUT2D eigenvalue weighted by molar-refractivity contribution is 0.626. The minimum atomic E-state index is -0.317. The maximum atomic E-state index is 14.2. The summed E-state index contributed by atoms with van der Waals surface area (Å²) < 4.78 is 18.1. The van der Waals surface area contributed by atoms with E-state index in [1.165, 1.54) is 23.4 Å². The second kappa shape index (κ2) is 7.36. The Hall–Kier alpha value is -2.93. The van der Waals surface area contributed by atoms with Gasteiger partial charge in [-0.1, -0.05) is 36.0 Å². The molecule has 0 bridgehead atoms. The van der Waals surface area contributed by atoms with Gasteiger partial charge in [0.15, 0.2) is 11.0 Å². The first-order valence-electron chi connectivity index (χ1n) is 8.52. The van der Waals surface area contributed by atoms with Crippen molar-refractivity contribution in [2.45, 2.75) is 24.4 Å². The summed E-state index contributed by atoms with van der Waals surface area (Å²) >= 11 is 1.52. The van der Waals surface area contributed by atoms with Gasteiger partial charge in [0.05, 0.1) is 11.3 Å². The van der Waals surface area contributed by atoms with Crippen molar-refractivity contribution in [3.8, 4) is 11.4 Å². The molecule has 0 spiro atoms. The molecule has 5 nitrogen and oxygen atoms in total. The van der Waals surface area contributed by atoms with E-state index in [-0.39, 0.29) is 5.82 Å². The fraction of sp³-hybridized carbons (Fsp3) is 0.150. The zero-order valence-electron chi connectivity index (χ0n) is 14.8. The van der Waals surface area contributed by atoms with Crippen LogP contribution in [0, 0.1) is 12.7 Å². The van der Waals surface area contributed by atoms with Crippen molar-refractivity contribution in [3.05, 3.63) is 78.5 Å². The number of nitrogens with zero attached hydrogens (tertiary/aromatic N) is 5. The van der Waals surface area contributed by atoms with E-state index in [0.29, 0.717) is 28.8 Å². The lowest BCUT2D eigenvalue weighted by Gasteiger charge is -2.07. The van der Waals surface area contributed by atoms with Crippen molar-refractivity contribution < 1.29 is 4.39 Å². The molecule has 136 valence electrons. The largest absolute Gasteiger partial charge is 0.307 e. The maximum absolute atomic E-state index is 14.2. The first-order valence-corrected chi connectivity index (χ1v) is 9.50. The molecule has 0 saturated heterocycles. The zero-order chi connectivity index (χ0) is 18.8. The van der Waals surface area contributed by atoms with Crippen LogP contribution >= 0.6 is 11.8 Å². The van der Waals surface area contributed by atoms with E-state index in [4.69, 9.17) is 0 Å². The van der Waals surface area contributed by atoms with E-state index in [1.54, 1.807) is 24.3 Å². The van der Waals surface area contributed by atoms with Crippen LogP contribution in [0.2, 0.25) is 0 Å². The average Bonchev–Trinajstić information content (AvgIpc) is 3.24. The van der Waals surface area contributed by atoms with Gasteiger partial charge in [0, 0.05) is 24.7 Å². The summed E-state index contributed by atoms with van der Waals surface area (Å²) in [7, 11) is 0. The number of thioether (sulfide) groups is 1. The highest BCUT2D eigenvalue weighted by molar-refractivity contribution is 7.98. The molecule has 4 rings (SSSR count). The van der Waals surface area contributed by atoms with Crippen LogP contribution in [0.15, 0.2) is 66.6 Å². The van der Waals surface area contributed by atoms with Crippen LogP contribution in [-0.4, -0.2) is 24.1 Å². The Balaban J connectivity index is 1.61. The SMILES string of the molecule is C=CCn1c(SCc2cn3cc(C)ccc3n2)nnc1-c1ccccc1F. The molecule has 0 N–H and O–H groups in total. The van der Waals surface area contributed by atoms with E-state index in [1.807, 2.05) is 33.5 Å². The van der Waals surface area contributed by atoms with Crippen molar-refractivity contribution in [2.24, 2.45) is 0 Å². The highest BCUT2D eigenvalue weighted by Gasteiger charge is 2.16. The molecule has 0 unspecified atom stereocenters. The highest BCUT2D eigenvalue weighted by Crippen LogP contribution is 2.27. The Morgan fingerprint density at radius 3 is 2.81 bits per heavy atom. The van der Waals surface area contributed by atoms with Crippen LogP contribution in [0.1, 0.15) is 11.3 Å². The number of allylic oxidation sites excluding steroid dienone is 1. The van der Waals surface area contributed by atoms with Gasteiger partial charge < -0.3 is 4.40 Å². The molecule has 0 saturated carbocycles. The second-order valence-electron chi connectivity index (χ2n) is 6.18. The third kappa shape index (κ3) is 3.50. The lowest BCUT2D eigenvalue weighted by atomic mass is 10.2. The number of rotatable bonds is 6. The monoisotopic (exact) mass is 379 g/mol. The van der Waals surface area contributed by atoms with Crippen LogP contribution in [0.5, 0.6) is 0 Å². The third-order valence-corrected chi connectivity index (χ3v) is 5.14. The quantitative estimate of drug-likeness (QED) is 0.365. The number of benzene rings is 1. The lowest BCUT2D eigenvalue weighted by Crippen LogP contribution is -2.01. The number of aromatic nitrogens is 5. The molecule has 3 heterocycles. The molecule has 3 aromatic heterocycles. The van der Waals surface area contributed by atoms with Gasteiger partial charge in [-0.05, 0) is 30.7 Å². The Labute approximate surface area is 160 Å². The van der Waals surface area contributed by atoms with E-state index in [2.05, 4.69) is 28.7 Å². The molecule has 0 aliphatic heterocycles. The molecular formula is C20H18FN5S. The van der Waals surface area contributed by atoms with Gasteiger partial charge in [-0.15, -0.1) is 16.8 Å². The Morgan fingerprint density at radius 1 is 1.15 bits per heavy atom. The molecule has 0 amide bonds. The summed E-state index contributed by atoms with van der Waals surface area (Å²) in [6.45, 7) is 6.35. The highest BCUT2D eigenvalue weighted by atomic mass is 32.2. The summed E-state index contributed by atoms with van der Waals surface area (Å²) in [6, 6.07) is 10.6. The van der Waals surface area contributed by atoms with Gasteiger partial charge in [0.1, 0.15) is 11.5 Å². The molecular weight excluding hydrogens is 361 g/mol. The molecule has 7 heteroatoms. The van der Waals surface area contributed by atoms with Crippen LogP contribution < -0.4 is 0 Å². The van der Waals surface area contributed by atoms with E-state index >= 15 is 0 Å². The Kier molecular flexibility index (Phi) is 4.77. The van der Waals surface area contributed by atoms with Crippen LogP contribution in [0.4, 0.5) is 4.39 Å². The molecule has 0 aliphatic rings. The minimum absolute atomic E-state index is 0.317. The number of imidazole rings is 1. The smallest absolute Gasteiger partial charge is 0.192 e. The Bertz CT molecular complexity index is 1110. The predicted molar refractivity (Wildman–Crippen MR) is 105 cm³/mol. The van der Waals surface area contributed by atoms with Crippen molar-refractivity contribution in [3.63, 3.8) is 0 Å².